The first-order chi connectivity index (χ1) is 21.2. The lowest BCUT2D eigenvalue weighted by Crippen LogP contribution is -2.30. The van der Waals surface area contributed by atoms with Crippen LogP contribution < -0.4 is 24.8 Å². The van der Waals surface area contributed by atoms with Crippen molar-refractivity contribution in [1.82, 2.24) is 5.32 Å². The molecule has 0 bridgehead atoms. The molecule has 224 valence electrons. The number of carbonyl (C=O) groups is 3. The first-order valence-corrected chi connectivity index (χ1v) is 14.0. The molecular formula is C34H28Cl2N2O6. The number of methoxy groups -OCH3 is 3. The molecular weight excluding hydrogens is 603 g/mol. The molecule has 0 aliphatic rings. The normalized spacial score (nSPS) is 11.2. The Labute approximate surface area is 264 Å². The molecule has 2 amide bonds. The number of halogens is 2. The first-order valence-electron chi connectivity index (χ1n) is 13.2. The molecule has 10 heteroatoms. The van der Waals surface area contributed by atoms with E-state index in [1.54, 1.807) is 91.0 Å². The molecule has 4 aromatic rings. The number of rotatable bonds is 11. The van der Waals surface area contributed by atoms with Crippen molar-refractivity contribution in [3.63, 3.8) is 0 Å². The summed E-state index contributed by atoms with van der Waals surface area (Å²) in [6.07, 6.45) is 4.50. The van der Waals surface area contributed by atoms with Gasteiger partial charge in [0.15, 0.2) is 17.3 Å². The van der Waals surface area contributed by atoms with Crippen molar-refractivity contribution in [3.8, 4) is 17.2 Å². The van der Waals surface area contributed by atoms with Crippen LogP contribution >= 0.6 is 23.2 Å². The second-order valence-electron chi connectivity index (χ2n) is 9.21. The van der Waals surface area contributed by atoms with E-state index in [0.29, 0.717) is 50.2 Å². The summed E-state index contributed by atoms with van der Waals surface area (Å²) >= 11 is 12.5. The van der Waals surface area contributed by atoms with Crippen molar-refractivity contribution in [3.05, 3.63) is 129 Å². The van der Waals surface area contributed by atoms with Crippen LogP contribution in [0.4, 0.5) is 5.69 Å². The molecule has 0 radical (unpaired) electrons. The molecule has 2 N–H and O–H groups in total. The largest absolute Gasteiger partial charge is 0.493 e. The van der Waals surface area contributed by atoms with Gasteiger partial charge in [-0.15, -0.1) is 0 Å². The van der Waals surface area contributed by atoms with Crippen molar-refractivity contribution in [2.45, 2.75) is 0 Å². The van der Waals surface area contributed by atoms with Crippen molar-refractivity contribution in [2.75, 3.05) is 26.6 Å². The highest BCUT2D eigenvalue weighted by Gasteiger charge is 2.17. The van der Waals surface area contributed by atoms with E-state index in [4.69, 9.17) is 37.4 Å². The summed E-state index contributed by atoms with van der Waals surface area (Å²) in [4.78, 5) is 39.1. The molecule has 44 heavy (non-hydrogen) atoms. The molecule has 0 fully saturated rings. The minimum Gasteiger partial charge on any atom is -0.493 e. The van der Waals surface area contributed by atoms with Crippen LogP contribution in [0.2, 0.25) is 10.0 Å². The van der Waals surface area contributed by atoms with Gasteiger partial charge >= 0.3 is 0 Å². The molecule has 0 heterocycles. The van der Waals surface area contributed by atoms with Crippen LogP contribution in [0.1, 0.15) is 31.8 Å². The topological polar surface area (TPSA) is 103 Å². The lowest BCUT2D eigenvalue weighted by atomic mass is 10.1. The number of ketones is 1. The molecule has 4 aromatic carbocycles. The number of nitrogens with one attached hydrogen (secondary N) is 2. The zero-order valence-corrected chi connectivity index (χ0v) is 25.5. The van der Waals surface area contributed by atoms with E-state index in [1.165, 1.54) is 33.5 Å². The number of amides is 2. The fourth-order valence-corrected chi connectivity index (χ4v) is 4.47. The van der Waals surface area contributed by atoms with E-state index in [0.717, 1.165) is 0 Å². The Morgan fingerprint density at radius 2 is 1.41 bits per heavy atom. The van der Waals surface area contributed by atoms with Gasteiger partial charge in [-0.3, -0.25) is 14.4 Å². The maximum atomic E-state index is 13.3. The predicted octanol–water partition coefficient (Wildman–Crippen LogP) is 7.32. The smallest absolute Gasteiger partial charge is 0.272 e. The van der Waals surface area contributed by atoms with Gasteiger partial charge < -0.3 is 24.8 Å². The lowest BCUT2D eigenvalue weighted by Gasteiger charge is -2.13. The maximum Gasteiger partial charge on any atom is 0.272 e. The number of benzene rings is 4. The van der Waals surface area contributed by atoms with Crippen LogP contribution in [0, 0.1) is 0 Å². The molecule has 0 aliphatic carbocycles. The summed E-state index contributed by atoms with van der Waals surface area (Å²) in [7, 11) is 4.54. The van der Waals surface area contributed by atoms with E-state index >= 15 is 0 Å². The number of carbonyl (C=O) groups excluding carboxylic acids is 3. The van der Waals surface area contributed by atoms with Crippen molar-refractivity contribution < 1.29 is 28.6 Å². The van der Waals surface area contributed by atoms with E-state index in [2.05, 4.69) is 10.6 Å². The molecule has 0 saturated carbocycles. The van der Waals surface area contributed by atoms with Gasteiger partial charge in [-0.2, -0.15) is 0 Å². The molecule has 4 rings (SSSR count). The number of hydrogen-bond donors (Lipinski definition) is 2. The second-order valence-corrected chi connectivity index (χ2v) is 9.99. The SMILES string of the molecule is COc1cc(/C=C/C(=O)c2ccc(NC(=O)/C(=C/c3cccc(Cl)c3Cl)NC(=O)c3ccccc3)cc2)cc(OC)c1OC. The third kappa shape index (κ3) is 7.86. The van der Waals surface area contributed by atoms with Gasteiger partial charge in [0.05, 0.1) is 31.4 Å². The van der Waals surface area contributed by atoms with Crippen LogP contribution in [-0.2, 0) is 4.79 Å². The molecule has 0 unspecified atom stereocenters. The van der Waals surface area contributed by atoms with Crippen molar-refractivity contribution in [1.29, 1.82) is 0 Å². The Bertz CT molecular complexity index is 1710. The highest BCUT2D eigenvalue weighted by Crippen LogP contribution is 2.38. The average molecular weight is 632 g/mol. The zero-order chi connectivity index (χ0) is 31.6. The van der Waals surface area contributed by atoms with Gasteiger partial charge in [0.1, 0.15) is 5.70 Å². The molecule has 0 saturated heterocycles. The lowest BCUT2D eigenvalue weighted by molar-refractivity contribution is -0.113. The van der Waals surface area contributed by atoms with E-state index < -0.39 is 11.8 Å². The summed E-state index contributed by atoms with van der Waals surface area (Å²) in [5, 5.41) is 5.93. The maximum absolute atomic E-state index is 13.3. The zero-order valence-electron chi connectivity index (χ0n) is 24.0. The third-order valence-electron chi connectivity index (χ3n) is 6.35. The molecule has 0 aliphatic heterocycles. The van der Waals surface area contributed by atoms with Gasteiger partial charge in [-0.05, 0) is 77.9 Å². The van der Waals surface area contributed by atoms with E-state index in [9.17, 15) is 14.4 Å². The van der Waals surface area contributed by atoms with Gasteiger partial charge in [-0.25, -0.2) is 0 Å². The fraction of sp³-hybridized carbons (Fsp3) is 0.0882. The van der Waals surface area contributed by atoms with Crippen LogP contribution in [0.15, 0.2) is 96.7 Å². The predicted molar refractivity (Wildman–Crippen MR) is 173 cm³/mol. The van der Waals surface area contributed by atoms with Crippen LogP contribution in [0.3, 0.4) is 0 Å². The number of hydrogen-bond acceptors (Lipinski definition) is 6. The summed E-state index contributed by atoms with van der Waals surface area (Å²) in [5.41, 5.74) is 2.22. The molecule has 0 atom stereocenters. The summed E-state index contributed by atoms with van der Waals surface area (Å²) in [6.45, 7) is 0. The highest BCUT2D eigenvalue weighted by molar-refractivity contribution is 6.43. The standard InChI is InChI=1S/C34H28Cl2N2O6/c1-42-29-18-21(19-30(43-2)32(29)44-3)12-17-28(39)22-13-15-25(16-14-22)37-34(41)27(20-24-10-7-11-26(35)31(24)36)38-33(40)23-8-5-4-6-9-23/h4-20H,1-3H3,(H,37,41)(H,38,40)/b17-12+,27-20-. The Kier molecular flexibility index (Phi) is 10.8. The van der Waals surface area contributed by atoms with E-state index in [-0.39, 0.29) is 16.5 Å². The Hall–Kier alpha value is -5.05. The summed E-state index contributed by atoms with van der Waals surface area (Å²) in [6, 6.07) is 23.2. The van der Waals surface area contributed by atoms with Gasteiger partial charge in [-0.1, -0.05) is 59.6 Å². The molecule has 8 nitrogen and oxygen atoms in total. The monoisotopic (exact) mass is 630 g/mol. The minimum atomic E-state index is -0.605. The van der Waals surface area contributed by atoms with Crippen molar-refractivity contribution in [2.24, 2.45) is 0 Å². The molecule has 0 spiro atoms. The van der Waals surface area contributed by atoms with E-state index in [1.807, 2.05) is 0 Å². The minimum absolute atomic E-state index is 0.0588. The third-order valence-corrected chi connectivity index (χ3v) is 7.19. The average Bonchev–Trinajstić information content (AvgIpc) is 3.05. The van der Waals surface area contributed by atoms with Crippen LogP contribution in [-0.4, -0.2) is 38.9 Å². The van der Waals surface area contributed by atoms with Crippen LogP contribution in [0.5, 0.6) is 17.2 Å². The Morgan fingerprint density at radius 3 is 2.02 bits per heavy atom. The molecule has 0 aromatic heterocycles. The van der Waals surface area contributed by atoms with Gasteiger partial charge in [0, 0.05) is 16.8 Å². The number of anilines is 1. The number of allylic oxidation sites excluding steroid dienone is 1. The van der Waals surface area contributed by atoms with Gasteiger partial charge in [0.2, 0.25) is 5.75 Å². The second kappa shape index (κ2) is 14.9. The summed E-state index contributed by atoms with van der Waals surface area (Å²) < 4.78 is 16.1. The highest BCUT2D eigenvalue weighted by atomic mass is 35.5. The first kappa shape index (κ1) is 31.9. The van der Waals surface area contributed by atoms with Gasteiger partial charge in [0.25, 0.3) is 11.8 Å². The van der Waals surface area contributed by atoms with Crippen molar-refractivity contribution >= 4 is 58.6 Å². The van der Waals surface area contributed by atoms with Crippen LogP contribution in [0.25, 0.3) is 12.2 Å². The summed E-state index contributed by atoms with van der Waals surface area (Å²) in [5.74, 6) is 0.0270. The Balaban J connectivity index is 1.52. The Morgan fingerprint density at radius 1 is 0.750 bits per heavy atom. The fourth-order valence-electron chi connectivity index (χ4n) is 4.11. The number of ether oxygens (including phenoxy) is 3. The quantitative estimate of drug-likeness (QED) is 0.133.